The zero-order valence-corrected chi connectivity index (χ0v) is 9.60. The number of nitrogens with zero attached hydrogens (tertiary/aromatic N) is 2. The van der Waals surface area contributed by atoms with Crippen LogP contribution in [0.25, 0.3) is 11.4 Å². The second kappa shape index (κ2) is 3.80. The summed E-state index contributed by atoms with van der Waals surface area (Å²) < 4.78 is 0. The number of aromatic amines is 1. The maximum atomic E-state index is 11.6. The second-order valence-corrected chi connectivity index (χ2v) is 4.48. The average Bonchev–Trinajstić information content (AvgIpc) is 3.13. The van der Waals surface area contributed by atoms with Crippen LogP contribution >= 0.6 is 0 Å². The molecule has 3 rings (SSSR count). The molecule has 0 unspecified atom stereocenters. The molecule has 1 N–H and O–H groups in total. The SMILES string of the molecule is Cc1ccc(-c2nc(C3CC3)cc(=O)[nH]2)cn1. The zero-order chi connectivity index (χ0) is 11.8. The molecule has 0 saturated heterocycles. The molecule has 1 saturated carbocycles. The first-order valence-electron chi connectivity index (χ1n) is 5.77. The molecule has 17 heavy (non-hydrogen) atoms. The summed E-state index contributed by atoms with van der Waals surface area (Å²) in [6.45, 7) is 1.93. The first-order chi connectivity index (χ1) is 8.22. The summed E-state index contributed by atoms with van der Waals surface area (Å²) in [5, 5.41) is 0. The van der Waals surface area contributed by atoms with Crippen LogP contribution in [0.1, 0.15) is 30.1 Å². The van der Waals surface area contributed by atoms with Crippen molar-refractivity contribution >= 4 is 0 Å². The summed E-state index contributed by atoms with van der Waals surface area (Å²) in [5.41, 5.74) is 2.63. The van der Waals surface area contributed by atoms with Crippen LogP contribution in [0, 0.1) is 6.92 Å². The van der Waals surface area contributed by atoms with E-state index in [1.807, 2.05) is 19.1 Å². The molecule has 0 aliphatic heterocycles. The van der Waals surface area contributed by atoms with Crippen molar-refractivity contribution in [1.82, 2.24) is 15.0 Å². The highest BCUT2D eigenvalue weighted by molar-refractivity contribution is 5.53. The van der Waals surface area contributed by atoms with Crippen LogP contribution in [-0.2, 0) is 0 Å². The molecule has 1 aliphatic carbocycles. The fraction of sp³-hybridized carbons (Fsp3) is 0.308. The number of rotatable bonds is 2. The minimum Gasteiger partial charge on any atom is -0.306 e. The van der Waals surface area contributed by atoms with Crippen molar-refractivity contribution in [3.8, 4) is 11.4 Å². The predicted octanol–water partition coefficient (Wildman–Crippen LogP) is 2.02. The first-order valence-corrected chi connectivity index (χ1v) is 5.77. The Balaban J connectivity index is 2.07. The Morgan fingerprint density at radius 1 is 1.35 bits per heavy atom. The maximum Gasteiger partial charge on any atom is 0.251 e. The number of pyridine rings is 1. The Hall–Kier alpha value is -1.97. The Kier molecular flexibility index (Phi) is 2.28. The van der Waals surface area contributed by atoms with E-state index in [9.17, 15) is 4.79 Å². The van der Waals surface area contributed by atoms with E-state index in [1.165, 1.54) is 0 Å². The third-order valence-corrected chi connectivity index (χ3v) is 2.94. The van der Waals surface area contributed by atoms with E-state index in [0.717, 1.165) is 29.8 Å². The number of hydrogen-bond acceptors (Lipinski definition) is 3. The number of hydrogen-bond donors (Lipinski definition) is 1. The fourth-order valence-corrected chi connectivity index (χ4v) is 1.81. The summed E-state index contributed by atoms with van der Waals surface area (Å²) >= 11 is 0. The van der Waals surface area contributed by atoms with Crippen LogP contribution in [0.5, 0.6) is 0 Å². The van der Waals surface area contributed by atoms with E-state index < -0.39 is 0 Å². The van der Waals surface area contributed by atoms with Gasteiger partial charge in [0.15, 0.2) is 0 Å². The number of H-pyrrole nitrogens is 1. The molecule has 0 amide bonds. The summed E-state index contributed by atoms with van der Waals surface area (Å²) in [4.78, 5) is 23.0. The lowest BCUT2D eigenvalue weighted by molar-refractivity contribution is 0.975. The zero-order valence-electron chi connectivity index (χ0n) is 9.60. The summed E-state index contributed by atoms with van der Waals surface area (Å²) in [6.07, 6.45) is 4.02. The molecule has 0 atom stereocenters. The lowest BCUT2D eigenvalue weighted by atomic mass is 10.2. The van der Waals surface area contributed by atoms with Gasteiger partial charge < -0.3 is 4.98 Å². The Labute approximate surface area is 98.8 Å². The molecule has 0 radical (unpaired) electrons. The quantitative estimate of drug-likeness (QED) is 0.853. The van der Waals surface area contributed by atoms with E-state index >= 15 is 0 Å². The van der Waals surface area contributed by atoms with Gasteiger partial charge >= 0.3 is 0 Å². The molecule has 1 fully saturated rings. The standard InChI is InChI=1S/C13H13N3O/c1-8-2-3-10(7-14-8)13-15-11(9-4-5-9)6-12(17)16-13/h2-3,6-7,9H,4-5H2,1H3,(H,15,16,17). The molecule has 2 aromatic rings. The Bertz CT molecular complexity index is 597. The highest BCUT2D eigenvalue weighted by Crippen LogP contribution is 2.38. The van der Waals surface area contributed by atoms with Gasteiger partial charge in [-0.25, -0.2) is 4.98 Å². The maximum absolute atomic E-state index is 11.6. The highest BCUT2D eigenvalue weighted by Gasteiger charge is 2.25. The summed E-state index contributed by atoms with van der Waals surface area (Å²) in [7, 11) is 0. The molecule has 4 heteroatoms. The van der Waals surface area contributed by atoms with Crippen molar-refractivity contribution in [2.75, 3.05) is 0 Å². The van der Waals surface area contributed by atoms with Gasteiger partial charge in [0.2, 0.25) is 0 Å². The molecular weight excluding hydrogens is 214 g/mol. The number of aryl methyl sites for hydroxylation is 1. The molecule has 2 aromatic heterocycles. The second-order valence-electron chi connectivity index (χ2n) is 4.48. The van der Waals surface area contributed by atoms with Gasteiger partial charge in [0, 0.05) is 29.4 Å². The molecule has 86 valence electrons. The van der Waals surface area contributed by atoms with Gasteiger partial charge in [-0.1, -0.05) is 0 Å². The van der Waals surface area contributed by atoms with E-state index in [4.69, 9.17) is 0 Å². The highest BCUT2D eigenvalue weighted by atomic mass is 16.1. The van der Waals surface area contributed by atoms with Crippen LogP contribution < -0.4 is 5.56 Å². The number of nitrogens with one attached hydrogen (secondary N) is 1. The molecule has 2 heterocycles. The van der Waals surface area contributed by atoms with E-state index in [-0.39, 0.29) is 5.56 Å². The van der Waals surface area contributed by atoms with Crippen LogP contribution in [0.4, 0.5) is 0 Å². The summed E-state index contributed by atoms with van der Waals surface area (Å²) in [6, 6.07) is 5.44. The smallest absolute Gasteiger partial charge is 0.251 e. The minimum absolute atomic E-state index is 0.0857. The van der Waals surface area contributed by atoms with Crippen molar-refractivity contribution in [3.05, 3.63) is 46.1 Å². The molecule has 4 nitrogen and oxygen atoms in total. The average molecular weight is 227 g/mol. The van der Waals surface area contributed by atoms with E-state index in [0.29, 0.717) is 11.7 Å². The lowest BCUT2D eigenvalue weighted by Gasteiger charge is -2.03. The monoisotopic (exact) mass is 227 g/mol. The largest absolute Gasteiger partial charge is 0.306 e. The molecule has 0 bridgehead atoms. The van der Waals surface area contributed by atoms with Gasteiger partial charge in [-0.2, -0.15) is 0 Å². The van der Waals surface area contributed by atoms with Crippen molar-refractivity contribution in [1.29, 1.82) is 0 Å². The van der Waals surface area contributed by atoms with Gasteiger partial charge in [0.1, 0.15) is 5.82 Å². The normalized spacial score (nSPS) is 14.9. The van der Waals surface area contributed by atoms with Crippen LogP contribution in [0.15, 0.2) is 29.2 Å². The van der Waals surface area contributed by atoms with Gasteiger partial charge in [-0.05, 0) is 31.9 Å². The molecule has 0 spiro atoms. The predicted molar refractivity (Wildman–Crippen MR) is 64.8 cm³/mol. The third-order valence-electron chi connectivity index (χ3n) is 2.94. The topological polar surface area (TPSA) is 58.6 Å². The van der Waals surface area contributed by atoms with Crippen LogP contribution in [0.2, 0.25) is 0 Å². The minimum atomic E-state index is -0.0857. The number of aromatic nitrogens is 3. The van der Waals surface area contributed by atoms with Crippen LogP contribution in [0.3, 0.4) is 0 Å². The lowest BCUT2D eigenvalue weighted by Crippen LogP contribution is -2.10. The van der Waals surface area contributed by atoms with Gasteiger partial charge in [-0.15, -0.1) is 0 Å². The first kappa shape index (κ1) is 10.2. The van der Waals surface area contributed by atoms with Crippen molar-refractivity contribution in [3.63, 3.8) is 0 Å². The summed E-state index contributed by atoms with van der Waals surface area (Å²) in [5.74, 6) is 1.10. The van der Waals surface area contributed by atoms with Gasteiger partial charge in [-0.3, -0.25) is 9.78 Å². The fourth-order valence-electron chi connectivity index (χ4n) is 1.81. The van der Waals surface area contributed by atoms with Crippen LogP contribution in [-0.4, -0.2) is 15.0 Å². The molecular formula is C13H13N3O. The molecule has 0 aromatic carbocycles. The molecule has 1 aliphatic rings. The van der Waals surface area contributed by atoms with Crippen molar-refractivity contribution < 1.29 is 0 Å². The van der Waals surface area contributed by atoms with Crippen molar-refractivity contribution in [2.45, 2.75) is 25.7 Å². The Morgan fingerprint density at radius 2 is 2.18 bits per heavy atom. The van der Waals surface area contributed by atoms with Crippen molar-refractivity contribution in [2.24, 2.45) is 0 Å². The third kappa shape index (κ3) is 2.11. The Morgan fingerprint density at radius 3 is 2.82 bits per heavy atom. The van der Waals surface area contributed by atoms with E-state index in [2.05, 4.69) is 15.0 Å². The van der Waals surface area contributed by atoms with E-state index in [1.54, 1.807) is 12.3 Å². The van der Waals surface area contributed by atoms with Gasteiger partial charge in [0.25, 0.3) is 5.56 Å². The van der Waals surface area contributed by atoms with Gasteiger partial charge in [0.05, 0.1) is 5.69 Å².